The quantitative estimate of drug-likeness (QED) is 0.187. The predicted molar refractivity (Wildman–Crippen MR) is 160 cm³/mol. The molecular weight excluding hydrogens is 584 g/mol. The number of amides is 2. The number of rotatable bonds is 9. The van der Waals surface area contributed by atoms with E-state index in [0.29, 0.717) is 33.9 Å². The lowest BCUT2D eigenvalue weighted by Crippen LogP contribution is -2.70. The molecule has 0 radical (unpaired) electrons. The first-order chi connectivity index (χ1) is 21.6. The molecule has 3 aromatic heterocycles. The van der Waals surface area contributed by atoms with Crippen LogP contribution in [-0.2, 0) is 16.0 Å². The molecule has 1 saturated heterocycles. The number of nitrogens with two attached hydrogens (primary N) is 1. The molecule has 0 bridgehead atoms. The maximum Gasteiger partial charge on any atom is 0.263 e. The molecule has 5 aromatic rings. The van der Waals surface area contributed by atoms with Crippen LogP contribution in [-0.4, -0.2) is 85.2 Å². The zero-order valence-corrected chi connectivity index (χ0v) is 24.4. The van der Waals surface area contributed by atoms with Gasteiger partial charge < -0.3 is 35.3 Å². The first kappa shape index (κ1) is 29.5. The van der Waals surface area contributed by atoms with E-state index >= 15 is 0 Å². The largest absolute Gasteiger partial charge is 0.507 e. The van der Waals surface area contributed by atoms with Crippen molar-refractivity contribution >= 4 is 34.4 Å². The Bertz CT molecular complexity index is 1890. The molecular formula is C30H30N8O7. The molecule has 1 fully saturated rings. The lowest BCUT2D eigenvalue weighted by molar-refractivity contribution is -0.191. The second-order valence-corrected chi connectivity index (χ2v) is 10.7. The Labute approximate surface area is 256 Å². The van der Waals surface area contributed by atoms with Crippen molar-refractivity contribution in [2.75, 3.05) is 37.4 Å². The number of methoxy groups -OCH3 is 1. The van der Waals surface area contributed by atoms with Gasteiger partial charge in [0, 0.05) is 24.8 Å². The number of aromatic hydroxyl groups is 1. The van der Waals surface area contributed by atoms with Crippen LogP contribution in [0.1, 0.15) is 22.8 Å². The number of fused-ring (bicyclic) bond motifs is 1. The number of morpholine rings is 1. The molecule has 1 aliphatic heterocycles. The summed E-state index contributed by atoms with van der Waals surface area (Å²) in [5.74, 6) is -0.629. The van der Waals surface area contributed by atoms with E-state index in [9.17, 15) is 19.8 Å². The summed E-state index contributed by atoms with van der Waals surface area (Å²) >= 11 is 0. The van der Waals surface area contributed by atoms with Crippen molar-refractivity contribution in [2.45, 2.75) is 24.5 Å². The number of carbonyl (C=O) groups is 2. The van der Waals surface area contributed by atoms with Gasteiger partial charge in [-0.1, -0.05) is 23.4 Å². The van der Waals surface area contributed by atoms with Crippen LogP contribution >= 0.6 is 0 Å². The van der Waals surface area contributed by atoms with Gasteiger partial charge >= 0.3 is 0 Å². The van der Waals surface area contributed by atoms with Gasteiger partial charge in [-0.25, -0.2) is 4.68 Å². The zero-order chi connectivity index (χ0) is 31.8. The van der Waals surface area contributed by atoms with Crippen LogP contribution in [0.5, 0.6) is 11.6 Å². The van der Waals surface area contributed by atoms with Crippen molar-refractivity contribution < 1.29 is 33.8 Å². The van der Waals surface area contributed by atoms with Crippen LogP contribution in [0.3, 0.4) is 0 Å². The number of para-hydroxylation sites is 1. The summed E-state index contributed by atoms with van der Waals surface area (Å²) in [6, 6.07) is 14.4. The minimum Gasteiger partial charge on any atom is -0.507 e. The normalized spacial score (nSPS) is 18.1. The topological polar surface area (TPSA) is 204 Å². The number of nitrogens with one attached hydrogen (secondary N) is 1. The van der Waals surface area contributed by atoms with Gasteiger partial charge in [-0.3, -0.25) is 14.5 Å². The van der Waals surface area contributed by atoms with Crippen molar-refractivity contribution in [1.82, 2.24) is 30.5 Å². The molecule has 4 heterocycles. The summed E-state index contributed by atoms with van der Waals surface area (Å²) in [6.07, 6.45) is 3.01. The lowest BCUT2D eigenvalue weighted by Gasteiger charge is -2.48. The molecule has 2 aromatic carbocycles. The van der Waals surface area contributed by atoms with Crippen LogP contribution in [0.4, 0.5) is 11.6 Å². The second kappa shape index (κ2) is 11.5. The SMILES string of the molecule is COc1cc(-n2ccc(N3CCO[C@](C)(C(O)(CNC(=O)c4ccccc4O)Cc4ccc5c(N)noc5c4)C3=O)n2)cnn1. The fourth-order valence-electron chi connectivity index (χ4n) is 5.31. The Morgan fingerprint density at radius 3 is 2.84 bits per heavy atom. The van der Waals surface area contributed by atoms with Crippen LogP contribution in [0.15, 0.2) is 71.5 Å². The Balaban J connectivity index is 1.33. The van der Waals surface area contributed by atoms with E-state index in [0.717, 1.165) is 0 Å². The average Bonchev–Trinajstić information content (AvgIpc) is 3.68. The number of hydrogen-bond donors (Lipinski definition) is 4. The predicted octanol–water partition coefficient (Wildman–Crippen LogP) is 1.63. The number of aromatic nitrogens is 5. The number of phenols is 1. The summed E-state index contributed by atoms with van der Waals surface area (Å²) in [6.45, 7) is 1.29. The molecule has 15 heteroatoms. The van der Waals surface area contributed by atoms with E-state index in [1.54, 1.807) is 48.7 Å². The van der Waals surface area contributed by atoms with E-state index in [-0.39, 0.29) is 36.7 Å². The summed E-state index contributed by atoms with van der Waals surface area (Å²) < 4.78 is 18.0. The first-order valence-electron chi connectivity index (χ1n) is 13.9. The molecule has 1 aliphatic rings. The Morgan fingerprint density at radius 1 is 1.22 bits per heavy atom. The van der Waals surface area contributed by atoms with Crippen molar-refractivity contribution in [3.8, 4) is 17.3 Å². The molecule has 0 aliphatic carbocycles. The van der Waals surface area contributed by atoms with Crippen LogP contribution in [0, 0.1) is 0 Å². The van der Waals surface area contributed by atoms with Crippen molar-refractivity contribution in [3.63, 3.8) is 0 Å². The molecule has 6 rings (SSSR count). The average molecular weight is 615 g/mol. The van der Waals surface area contributed by atoms with Gasteiger partial charge in [-0.05, 0) is 36.8 Å². The molecule has 1 unspecified atom stereocenters. The second-order valence-electron chi connectivity index (χ2n) is 10.7. The summed E-state index contributed by atoms with van der Waals surface area (Å²) in [7, 11) is 1.47. The Kier molecular flexibility index (Phi) is 7.56. The fourth-order valence-corrected chi connectivity index (χ4v) is 5.31. The third-order valence-electron chi connectivity index (χ3n) is 7.94. The van der Waals surface area contributed by atoms with Gasteiger partial charge in [0.1, 0.15) is 11.4 Å². The van der Waals surface area contributed by atoms with Gasteiger partial charge in [0.15, 0.2) is 22.8 Å². The number of aliphatic hydroxyl groups is 1. The van der Waals surface area contributed by atoms with E-state index in [2.05, 4.69) is 25.8 Å². The van der Waals surface area contributed by atoms with Crippen molar-refractivity contribution in [1.29, 1.82) is 0 Å². The van der Waals surface area contributed by atoms with Crippen molar-refractivity contribution in [3.05, 3.63) is 78.1 Å². The number of phenolic OH excluding ortho intramolecular Hbond substituents is 1. The van der Waals surface area contributed by atoms with Gasteiger partial charge in [0.25, 0.3) is 11.8 Å². The third kappa shape index (κ3) is 5.38. The van der Waals surface area contributed by atoms with E-state index in [1.165, 1.54) is 41.9 Å². The van der Waals surface area contributed by atoms with Gasteiger partial charge in [-0.15, -0.1) is 10.2 Å². The maximum atomic E-state index is 14.3. The fraction of sp³-hybridized carbons (Fsp3) is 0.267. The Morgan fingerprint density at radius 2 is 2.04 bits per heavy atom. The molecule has 5 N–H and O–H groups in total. The standard InChI is InChI=1S/C30H30N8O7/c1-29(28(41)37(11-12-44-29)24-9-10-38(35-24)19-14-25(43-2)34-33-16-19)30(42,17-32-27(40)20-5-3-4-6-22(20)39)15-18-7-8-21-23(13-18)45-36-26(21)31/h3-10,13-14,16,39,42H,11-12,15,17H2,1-2H3,(H2,31,36)(H,32,40)/t29-,30?/m0/s1. The molecule has 45 heavy (non-hydrogen) atoms. The van der Waals surface area contributed by atoms with E-state index < -0.39 is 29.6 Å². The van der Waals surface area contributed by atoms with Crippen molar-refractivity contribution in [2.24, 2.45) is 0 Å². The first-order valence-corrected chi connectivity index (χ1v) is 13.9. The minimum atomic E-state index is -2.01. The summed E-state index contributed by atoms with van der Waals surface area (Å²) in [5, 5.41) is 42.0. The summed E-state index contributed by atoms with van der Waals surface area (Å²) in [4.78, 5) is 28.8. The molecule has 2 atom stereocenters. The monoisotopic (exact) mass is 614 g/mol. The molecule has 2 amide bonds. The molecule has 232 valence electrons. The highest BCUT2D eigenvalue weighted by molar-refractivity contribution is 6.01. The van der Waals surface area contributed by atoms with Gasteiger partial charge in [0.2, 0.25) is 5.88 Å². The molecule has 0 spiro atoms. The number of nitrogen functional groups attached to an aromatic ring is 1. The number of ether oxygens (including phenoxy) is 2. The van der Waals surface area contributed by atoms with Crippen LogP contribution < -0.4 is 20.7 Å². The Hall–Kier alpha value is -5.54. The number of carbonyl (C=O) groups excluding carboxylic acids is 2. The third-order valence-corrected chi connectivity index (χ3v) is 7.94. The number of anilines is 2. The number of hydrogen-bond acceptors (Lipinski definition) is 12. The van der Waals surface area contributed by atoms with Gasteiger partial charge in [0.05, 0.1) is 49.6 Å². The highest BCUT2D eigenvalue weighted by Gasteiger charge is 2.57. The number of nitrogens with zero attached hydrogens (tertiary/aromatic N) is 6. The molecule has 0 saturated carbocycles. The van der Waals surface area contributed by atoms with E-state index in [1.807, 2.05) is 0 Å². The highest BCUT2D eigenvalue weighted by atomic mass is 16.5. The number of benzene rings is 2. The highest BCUT2D eigenvalue weighted by Crippen LogP contribution is 2.36. The summed E-state index contributed by atoms with van der Waals surface area (Å²) in [5.41, 5.74) is 3.52. The molecule has 15 nitrogen and oxygen atoms in total. The zero-order valence-electron chi connectivity index (χ0n) is 24.4. The minimum absolute atomic E-state index is 0.00819. The van der Waals surface area contributed by atoms with Crippen LogP contribution in [0.2, 0.25) is 0 Å². The smallest absolute Gasteiger partial charge is 0.263 e. The van der Waals surface area contributed by atoms with E-state index in [4.69, 9.17) is 19.7 Å². The van der Waals surface area contributed by atoms with Crippen LogP contribution in [0.25, 0.3) is 16.7 Å². The van der Waals surface area contributed by atoms with Gasteiger partial charge in [-0.2, -0.15) is 5.10 Å². The lowest BCUT2D eigenvalue weighted by atomic mass is 9.77. The maximum absolute atomic E-state index is 14.3.